The maximum Gasteiger partial charge on any atom is 0.0960 e. The van der Waals surface area contributed by atoms with E-state index >= 15 is 0 Å². The second-order valence-corrected chi connectivity index (χ2v) is 4.06. The molecular weight excluding hydrogens is 172 g/mol. The smallest absolute Gasteiger partial charge is 0.0960 e. The standard InChI is InChI=1S/C12H14N2/c1-2-9-3-6-12-11(7-9)13-8-14(12)10-4-5-10/h3,6-8,10H,2,4-5H2,1H3. The van der Waals surface area contributed by atoms with Crippen molar-refractivity contribution in [3.63, 3.8) is 0 Å². The molecule has 0 aliphatic heterocycles. The molecule has 0 amide bonds. The number of hydrogen-bond acceptors (Lipinski definition) is 1. The molecule has 72 valence electrons. The number of rotatable bonds is 2. The topological polar surface area (TPSA) is 17.8 Å². The van der Waals surface area contributed by atoms with E-state index in [1.165, 1.54) is 23.9 Å². The van der Waals surface area contributed by atoms with Crippen LogP contribution in [0.5, 0.6) is 0 Å². The number of fused-ring (bicyclic) bond motifs is 1. The van der Waals surface area contributed by atoms with Crippen LogP contribution in [-0.2, 0) is 6.42 Å². The summed E-state index contributed by atoms with van der Waals surface area (Å²) in [4.78, 5) is 4.45. The van der Waals surface area contributed by atoms with Crippen molar-refractivity contribution in [3.05, 3.63) is 30.1 Å². The van der Waals surface area contributed by atoms with Crippen molar-refractivity contribution in [1.29, 1.82) is 0 Å². The molecule has 2 aromatic rings. The molecule has 1 heterocycles. The Morgan fingerprint density at radius 2 is 2.29 bits per heavy atom. The van der Waals surface area contributed by atoms with Gasteiger partial charge in [-0.25, -0.2) is 4.98 Å². The quantitative estimate of drug-likeness (QED) is 0.705. The molecule has 1 aromatic carbocycles. The number of aromatic nitrogens is 2. The van der Waals surface area contributed by atoms with Gasteiger partial charge in [0.05, 0.1) is 17.4 Å². The lowest BCUT2D eigenvalue weighted by atomic mass is 10.1. The molecule has 2 nitrogen and oxygen atoms in total. The number of nitrogens with zero attached hydrogens (tertiary/aromatic N) is 2. The Kier molecular flexibility index (Phi) is 1.63. The summed E-state index contributed by atoms with van der Waals surface area (Å²) in [5, 5.41) is 0. The normalized spacial score (nSPS) is 16.4. The molecule has 1 fully saturated rings. The summed E-state index contributed by atoms with van der Waals surface area (Å²) >= 11 is 0. The maximum atomic E-state index is 4.45. The zero-order valence-corrected chi connectivity index (χ0v) is 8.40. The molecule has 0 N–H and O–H groups in total. The van der Waals surface area contributed by atoms with Crippen LogP contribution in [0.4, 0.5) is 0 Å². The van der Waals surface area contributed by atoms with Gasteiger partial charge in [-0.05, 0) is 37.0 Å². The number of imidazole rings is 1. The summed E-state index contributed by atoms with van der Waals surface area (Å²) in [6, 6.07) is 7.35. The van der Waals surface area contributed by atoms with Gasteiger partial charge in [-0.1, -0.05) is 13.0 Å². The summed E-state index contributed by atoms with van der Waals surface area (Å²) in [7, 11) is 0. The molecule has 14 heavy (non-hydrogen) atoms. The molecule has 1 aliphatic carbocycles. The average molecular weight is 186 g/mol. The van der Waals surface area contributed by atoms with Crippen LogP contribution in [0, 0.1) is 0 Å². The summed E-state index contributed by atoms with van der Waals surface area (Å²) in [6.07, 6.45) is 5.72. The van der Waals surface area contributed by atoms with Crippen LogP contribution in [0.1, 0.15) is 31.4 Å². The van der Waals surface area contributed by atoms with Gasteiger partial charge in [0.1, 0.15) is 0 Å². The van der Waals surface area contributed by atoms with Crippen LogP contribution in [0.25, 0.3) is 11.0 Å². The molecule has 1 aromatic heterocycles. The Bertz CT molecular complexity index is 466. The highest BCUT2D eigenvalue weighted by Gasteiger charge is 2.24. The van der Waals surface area contributed by atoms with Crippen molar-refractivity contribution >= 4 is 11.0 Å². The van der Waals surface area contributed by atoms with Gasteiger partial charge >= 0.3 is 0 Å². The van der Waals surface area contributed by atoms with Gasteiger partial charge in [-0.3, -0.25) is 0 Å². The Balaban J connectivity index is 2.17. The molecule has 0 spiro atoms. The SMILES string of the molecule is CCc1ccc2c(c1)ncn2C1CC1. The van der Waals surface area contributed by atoms with E-state index in [1.807, 2.05) is 6.33 Å². The predicted octanol–water partition coefficient (Wildman–Crippen LogP) is 2.93. The van der Waals surface area contributed by atoms with Crippen molar-refractivity contribution < 1.29 is 0 Å². The number of hydrogen-bond donors (Lipinski definition) is 0. The minimum Gasteiger partial charge on any atom is -0.327 e. The zero-order valence-electron chi connectivity index (χ0n) is 8.40. The Hall–Kier alpha value is -1.31. The highest BCUT2D eigenvalue weighted by Crippen LogP contribution is 2.37. The van der Waals surface area contributed by atoms with Crippen molar-refractivity contribution in [2.24, 2.45) is 0 Å². The van der Waals surface area contributed by atoms with Crippen molar-refractivity contribution in [2.75, 3.05) is 0 Å². The molecule has 1 aliphatic rings. The van der Waals surface area contributed by atoms with Gasteiger partial charge in [-0.2, -0.15) is 0 Å². The van der Waals surface area contributed by atoms with Gasteiger partial charge in [0.2, 0.25) is 0 Å². The lowest BCUT2D eigenvalue weighted by Crippen LogP contribution is -1.90. The first-order chi connectivity index (χ1) is 6.88. The first-order valence-corrected chi connectivity index (χ1v) is 5.34. The molecule has 3 rings (SSSR count). The second kappa shape index (κ2) is 2.84. The van der Waals surface area contributed by atoms with Gasteiger partial charge in [0.15, 0.2) is 0 Å². The number of aryl methyl sites for hydroxylation is 1. The molecule has 0 atom stereocenters. The minimum atomic E-state index is 0.729. The van der Waals surface area contributed by atoms with Gasteiger partial charge in [-0.15, -0.1) is 0 Å². The van der Waals surface area contributed by atoms with Crippen LogP contribution in [0.2, 0.25) is 0 Å². The molecule has 0 unspecified atom stereocenters. The van der Waals surface area contributed by atoms with Crippen molar-refractivity contribution in [3.8, 4) is 0 Å². The van der Waals surface area contributed by atoms with E-state index in [1.54, 1.807) is 0 Å². The Morgan fingerprint density at radius 3 is 3.00 bits per heavy atom. The van der Waals surface area contributed by atoms with Crippen LogP contribution in [-0.4, -0.2) is 9.55 Å². The summed E-state index contributed by atoms with van der Waals surface area (Å²) in [5.74, 6) is 0. The van der Waals surface area contributed by atoms with Crippen LogP contribution in [0.15, 0.2) is 24.5 Å². The van der Waals surface area contributed by atoms with E-state index in [0.29, 0.717) is 0 Å². The van der Waals surface area contributed by atoms with E-state index in [4.69, 9.17) is 0 Å². The first-order valence-electron chi connectivity index (χ1n) is 5.34. The molecule has 2 heteroatoms. The second-order valence-electron chi connectivity index (χ2n) is 4.06. The molecule has 0 saturated heterocycles. The van der Waals surface area contributed by atoms with Crippen LogP contribution < -0.4 is 0 Å². The van der Waals surface area contributed by atoms with Gasteiger partial charge in [0, 0.05) is 6.04 Å². The predicted molar refractivity (Wildman–Crippen MR) is 57.4 cm³/mol. The summed E-state index contributed by atoms with van der Waals surface area (Å²) < 4.78 is 2.31. The minimum absolute atomic E-state index is 0.729. The fraction of sp³-hybridized carbons (Fsp3) is 0.417. The lowest BCUT2D eigenvalue weighted by Gasteiger charge is -2.01. The Morgan fingerprint density at radius 1 is 1.43 bits per heavy atom. The fourth-order valence-electron chi connectivity index (χ4n) is 1.94. The highest BCUT2D eigenvalue weighted by atomic mass is 15.1. The molecule has 0 bridgehead atoms. The maximum absolute atomic E-state index is 4.45. The van der Waals surface area contributed by atoms with E-state index in [9.17, 15) is 0 Å². The summed E-state index contributed by atoms with van der Waals surface area (Å²) in [6.45, 7) is 2.18. The van der Waals surface area contributed by atoms with Crippen molar-refractivity contribution in [2.45, 2.75) is 32.2 Å². The zero-order chi connectivity index (χ0) is 9.54. The third kappa shape index (κ3) is 1.14. The van der Waals surface area contributed by atoms with Crippen LogP contribution >= 0.6 is 0 Å². The van der Waals surface area contributed by atoms with Crippen molar-refractivity contribution in [1.82, 2.24) is 9.55 Å². The van der Waals surface area contributed by atoms with Gasteiger partial charge < -0.3 is 4.57 Å². The molecule has 0 radical (unpaired) electrons. The van der Waals surface area contributed by atoms with Gasteiger partial charge in [0.25, 0.3) is 0 Å². The summed E-state index contributed by atoms with van der Waals surface area (Å²) in [5.41, 5.74) is 3.82. The molecule has 1 saturated carbocycles. The monoisotopic (exact) mass is 186 g/mol. The Labute approximate surface area is 83.6 Å². The first kappa shape index (κ1) is 8.04. The van der Waals surface area contributed by atoms with E-state index in [0.717, 1.165) is 18.0 Å². The largest absolute Gasteiger partial charge is 0.327 e. The number of benzene rings is 1. The van der Waals surface area contributed by atoms with E-state index in [-0.39, 0.29) is 0 Å². The fourth-order valence-corrected chi connectivity index (χ4v) is 1.94. The van der Waals surface area contributed by atoms with Crippen LogP contribution in [0.3, 0.4) is 0 Å². The lowest BCUT2D eigenvalue weighted by molar-refractivity contribution is 0.766. The third-order valence-corrected chi connectivity index (χ3v) is 2.99. The van der Waals surface area contributed by atoms with E-state index in [2.05, 4.69) is 34.7 Å². The molecular formula is C12H14N2. The van der Waals surface area contributed by atoms with E-state index < -0.39 is 0 Å². The average Bonchev–Trinajstić information content (AvgIpc) is 2.98. The third-order valence-electron chi connectivity index (χ3n) is 2.99. The highest BCUT2D eigenvalue weighted by molar-refractivity contribution is 5.76.